The highest BCUT2D eigenvalue weighted by molar-refractivity contribution is 7.99. The van der Waals surface area contributed by atoms with Crippen LogP contribution in [0, 0.1) is 5.92 Å². The highest BCUT2D eigenvalue weighted by Crippen LogP contribution is 2.33. The first kappa shape index (κ1) is 18.8. The van der Waals surface area contributed by atoms with Gasteiger partial charge in [-0.15, -0.1) is 10.2 Å². The highest BCUT2D eigenvalue weighted by atomic mass is 32.2. The van der Waals surface area contributed by atoms with Gasteiger partial charge in [0, 0.05) is 31.3 Å². The number of nitrogens with zero attached hydrogens (tertiary/aromatic N) is 4. The zero-order chi connectivity index (χ0) is 18.7. The predicted molar refractivity (Wildman–Crippen MR) is 96.1 cm³/mol. The normalized spacial score (nSPS) is 18.5. The van der Waals surface area contributed by atoms with Gasteiger partial charge in [-0.2, -0.15) is 0 Å². The van der Waals surface area contributed by atoms with Crippen LogP contribution in [0.5, 0.6) is 0 Å². The van der Waals surface area contributed by atoms with Crippen molar-refractivity contribution in [3.8, 4) is 0 Å². The van der Waals surface area contributed by atoms with E-state index in [1.807, 2.05) is 35.9 Å². The first-order valence-corrected chi connectivity index (χ1v) is 9.47. The van der Waals surface area contributed by atoms with E-state index in [-0.39, 0.29) is 24.1 Å². The second-order valence-electron chi connectivity index (χ2n) is 6.63. The minimum atomic E-state index is -2.35. The van der Waals surface area contributed by atoms with Gasteiger partial charge >= 0.3 is 0 Å². The Morgan fingerprint density at radius 2 is 2.23 bits per heavy atom. The maximum atomic E-state index is 12.8. The van der Waals surface area contributed by atoms with Crippen molar-refractivity contribution in [3.63, 3.8) is 0 Å². The molecule has 1 aliphatic rings. The Labute approximate surface area is 155 Å². The third kappa shape index (κ3) is 4.41. The molecule has 1 amide bonds. The summed E-state index contributed by atoms with van der Waals surface area (Å²) in [6.45, 7) is 2.66. The lowest BCUT2D eigenvalue weighted by Crippen LogP contribution is -2.31. The number of thioether (sulfide) groups is 1. The van der Waals surface area contributed by atoms with Gasteiger partial charge in [-0.1, -0.05) is 36.0 Å². The molecule has 0 saturated carbocycles. The van der Waals surface area contributed by atoms with E-state index in [4.69, 9.17) is 0 Å². The summed E-state index contributed by atoms with van der Waals surface area (Å²) in [6, 6.07) is 7.86. The first-order chi connectivity index (χ1) is 12.4. The number of halogens is 2. The van der Waals surface area contributed by atoms with Crippen molar-refractivity contribution >= 4 is 17.7 Å². The van der Waals surface area contributed by atoms with Crippen LogP contribution >= 0.6 is 11.8 Å². The first-order valence-electron chi connectivity index (χ1n) is 8.59. The van der Waals surface area contributed by atoms with Crippen LogP contribution in [0.1, 0.15) is 29.7 Å². The SMILES string of the molecule is C[C@H](Sc1nncn1C)c1cccc(CC(=O)N2CCC(C(F)F)C2)c1. The molecule has 1 saturated heterocycles. The number of carbonyl (C=O) groups is 1. The van der Waals surface area contributed by atoms with Crippen LogP contribution in [0.25, 0.3) is 0 Å². The molecule has 2 heterocycles. The summed E-state index contributed by atoms with van der Waals surface area (Å²) in [5.74, 6) is -0.771. The summed E-state index contributed by atoms with van der Waals surface area (Å²) < 4.78 is 27.4. The average molecular weight is 380 g/mol. The van der Waals surface area contributed by atoms with Gasteiger partial charge in [0.05, 0.1) is 6.42 Å². The third-order valence-electron chi connectivity index (χ3n) is 4.66. The molecule has 2 atom stereocenters. The maximum Gasteiger partial charge on any atom is 0.243 e. The zero-order valence-electron chi connectivity index (χ0n) is 14.8. The van der Waals surface area contributed by atoms with E-state index in [2.05, 4.69) is 17.1 Å². The number of carbonyl (C=O) groups excluding carboxylic acids is 1. The lowest BCUT2D eigenvalue weighted by atomic mass is 10.1. The van der Waals surface area contributed by atoms with Crippen LogP contribution in [0.4, 0.5) is 8.78 Å². The van der Waals surface area contributed by atoms with Crippen LogP contribution in [0.2, 0.25) is 0 Å². The maximum absolute atomic E-state index is 12.8. The van der Waals surface area contributed by atoms with E-state index < -0.39 is 12.3 Å². The molecule has 1 aliphatic heterocycles. The Morgan fingerprint density at radius 3 is 2.88 bits per heavy atom. The molecule has 0 N–H and O–H groups in total. The van der Waals surface area contributed by atoms with E-state index >= 15 is 0 Å². The molecule has 3 rings (SSSR count). The number of benzene rings is 1. The monoisotopic (exact) mass is 380 g/mol. The largest absolute Gasteiger partial charge is 0.342 e. The standard InChI is InChI=1S/C18H22F2N4OS/c1-12(26-18-22-21-11-23(18)2)14-5-3-4-13(8-14)9-16(25)24-7-6-15(10-24)17(19)20/h3-5,8,11-12,15,17H,6-7,9-10H2,1-2H3/t12-,15?/m0/s1. The second-order valence-corrected chi connectivity index (χ2v) is 7.94. The number of alkyl halides is 2. The molecule has 0 spiro atoms. The summed E-state index contributed by atoms with van der Waals surface area (Å²) in [4.78, 5) is 14.0. The van der Waals surface area contributed by atoms with Crippen molar-refractivity contribution in [2.75, 3.05) is 13.1 Å². The number of rotatable bonds is 6. The molecule has 0 bridgehead atoms. The fourth-order valence-electron chi connectivity index (χ4n) is 3.07. The molecular weight excluding hydrogens is 358 g/mol. The molecule has 26 heavy (non-hydrogen) atoms. The van der Waals surface area contributed by atoms with Gasteiger partial charge in [-0.25, -0.2) is 8.78 Å². The minimum Gasteiger partial charge on any atom is -0.342 e. The summed E-state index contributed by atoms with van der Waals surface area (Å²) in [7, 11) is 1.90. The number of aryl methyl sites for hydroxylation is 1. The van der Waals surface area contributed by atoms with Gasteiger partial charge < -0.3 is 9.47 Å². The van der Waals surface area contributed by atoms with E-state index in [1.165, 1.54) is 0 Å². The molecule has 1 fully saturated rings. The van der Waals surface area contributed by atoms with Crippen LogP contribution in [-0.4, -0.2) is 45.1 Å². The summed E-state index contributed by atoms with van der Waals surface area (Å²) in [5.41, 5.74) is 1.99. The zero-order valence-corrected chi connectivity index (χ0v) is 15.6. The fraction of sp³-hybridized carbons (Fsp3) is 0.500. The topological polar surface area (TPSA) is 51.0 Å². The number of aromatic nitrogens is 3. The molecular formula is C18H22F2N4OS. The van der Waals surface area contributed by atoms with E-state index in [0.717, 1.165) is 16.3 Å². The Balaban J connectivity index is 1.62. The Bertz CT molecular complexity index is 767. The molecule has 8 heteroatoms. The quantitative estimate of drug-likeness (QED) is 0.722. The number of likely N-dealkylation sites (tertiary alicyclic amines) is 1. The van der Waals surface area contributed by atoms with E-state index in [1.54, 1.807) is 23.0 Å². The van der Waals surface area contributed by atoms with Gasteiger partial charge in [-0.05, 0) is 24.5 Å². The van der Waals surface area contributed by atoms with Crippen molar-refractivity contribution in [1.29, 1.82) is 0 Å². The van der Waals surface area contributed by atoms with E-state index in [0.29, 0.717) is 13.0 Å². The molecule has 1 unspecified atom stereocenters. The van der Waals surface area contributed by atoms with Crippen molar-refractivity contribution in [3.05, 3.63) is 41.7 Å². The van der Waals surface area contributed by atoms with Gasteiger partial charge in [0.15, 0.2) is 5.16 Å². The van der Waals surface area contributed by atoms with Crippen LogP contribution in [0.3, 0.4) is 0 Å². The molecule has 5 nitrogen and oxygen atoms in total. The molecule has 0 aliphatic carbocycles. The minimum absolute atomic E-state index is 0.0843. The number of hydrogen-bond acceptors (Lipinski definition) is 4. The Kier molecular flexibility index (Phi) is 5.90. The van der Waals surface area contributed by atoms with Crippen LogP contribution < -0.4 is 0 Å². The lowest BCUT2D eigenvalue weighted by Gasteiger charge is -2.17. The molecule has 140 valence electrons. The lowest BCUT2D eigenvalue weighted by molar-refractivity contribution is -0.129. The third-order valence-corrected chi connectivity index (χ3v) is 5.87. The van der Waals surface area contributed by atoms with Crippen LogP contribution in [0.15, 0.2) is 35.7 Å². The van der Waals surface area contributed by atoms with Gasteiger partial charge in [0.25, 0.3) is 0 Å². The van der Waals surface area contributed by atoms with Gasteiger partial charge in [-0.3, -0.25) is 4.79 Å². The smallest absolute Gasteiger partial charge is 0.243 e. The predicted octanol–water partition coefficient (Wildman–Crippen LogP) is 3.32. The van der Waals surface area contributed by atoms with Crippen molar-refractivity contribution in [2.45, 2.75) is 36.6 Å². The highest BCUT2D eigenvalue weighted by Gasteiger charge is 2.31. The average Bonchev–Trinajstić information content (AvgIpc) is 3.25. The number of amides is 1. The Hall–Kier alpha value is -1.96. The number of hydrogen-bond donors (Lipinski definition) is 0. The van der Waals surface area contributed by atoms with Crippen molar-refractivity contribution < 1.29 is 13.6 Å². The summed E-state index contributed by atoms with van der Waals surface area (Å²) in [5, 5.41) is 8.94. The van der Waals surface area contributed by atoms with Crippen LogP contribution in [-0.2, 0) is 18.3 Å². The fourth-order valence-corrected chi connectivity index (χ4v) is 3.97. The second kappa shape index (κ2) is 8.16. The Morgan fingerprint density at radius 1 is 1.42 bits per heavy atom. The molecule has 1 aromatic heterocycles. The molecule has 0 radical (unpaired) electrons. The van der Waals surface area contributed by atoms with E-state index in [9.17, 15) is 13.6 Å². The van der Waals surface area contributed by atoms with Crippen molar-refractivity contribution in [2.24, 2.45) is 13.0 Å². The van der Waals surface area contributed by atoms with Crippen molar-refractivity contribution in [1.82, 2.24) is 19.7 Å². The summed E-state index contributed by atoms with van der Waals surface area (Å²) >= 11 is 1.60. The van der Waals surface area contributed by atoms with Gasteiger partial charge in [0.1, 0.15) is 6.33 Å². The molecule has 1 aromatic carbocycles. The summed E-state index contributed by atoms with van der Waals surface area (Å²) in [6.07, 6.45) is -0.0677. The molecule has 2 aromatic rings. The van der Waals surface area contributed by atoms with Gasteiger partial charge in [0.2, 0.25) is 12.3 Å².